The molecule has 1 N–H and O–H groups in total. The maximum Gasteiger partial charge on any atom is 0.307 e. The number of aromatic nitrogens is 1. The number of allylic oxidation sites excluding steroid dienone is 2. The third kappa shape index (κ3) is 9.10. The maximum absolute atomic E-state index is 15.1. The standard InChI is InChI=1S/C43H56F3N3O10S/c1-24-11-9-10-12-26-21-43(26,39(53)48-60(54,55)41(5)13-14-41)22-33(50)32-16-27(58-34-20-36(57-8)47-31-19-35(56-7)30(44)17-29(31)34)23-49(32)38(52)28(25(2)15-24)18-37(51)59-40(3,4)42(6,45)46/h10,12,17,19-20,24-28,32H,9,11,13-16,18,21-23H2,1-8H3,(H,48,53)/b12-10-/t24-,25-,26-,27-,28+,32+,43-/m1/s1. The van der Waals surface area contributed by atoms with E-state index in [2.05, 4.69) is 9.71 Å². The monoisotopic (exact) mass is 863 g/mol. The lowest BCUT2D eigenvalue weighted by Gasteiger charge is -2.34. The number of Topliss-reactive ketones (excluding diaryl/α,β-unsaturated/α-hetero) is 1. The van der Waals surface area contributed by atoms with Crippen LogP contribution in [0.25, 0.3) is 10.9 Å². The Morgan fingerprint density at radius 1 is 1.03 bits per heavy atom. The van der Waals surface area contributed by atoms with E-state index in [1.54, 1.807) is 13.8 Å². The zero-order valence-electron chi connectivity index (χ0n) is 35.4. The Balaban J connectivity index is 1.38. The lowest BCUT2D eigenvalue weighted by Crippen LogP contribution is -2.49. The summed E-state index contributed by atoms with van der Waals surface area (Å²) < 4.78 is 94.0. The number of nitrogens with zero attached hydrogens (tertiary/aromatic N) is 2. The van der Waals surface area contributed by atoms with Gasteiger partial charge in [-0.15, -0.1) is 0 Å². The van der Waals surface area contributed by atoms with Gasteiger partial charge < -0.3 is 23.8 Å². The highest BCUT2D eigenvalue weighted by Gasteiger charge is 2.63. The zero-order chi connectivity index (χ0) is 44.2. The minimum Gasteiger partial charge on any atom is -0.494 e. The first-order valence-corrected chi connectivity index (χ1v) is 22.0. The summed E-state index contributed by atoms with van der Waals surface area (Å²) in [7, 11) is -1.35. The largest absolute Gasteiger partial charge is 0.494 e. The van der Waals surface area contributed by atoms with Gasteiger partial charge in [0.05, 0.1) is 54.8 Å². The summed E-state index contributed by atoms with van der Waals surface area (Å²) in [5, 5.41) is 0.253. The number of carbonyl (C=O) groups excluding carboxylic acids is 4. The average molecular weight is 864 g/mol. The Bertz CT molecular complexity index is 2170. The first kappa shape index (κ1) is 45.1. The number of pyridine rings is 1. The molecule has 4 aliphatic rings. The van der Waals surface area contributed by atoms with Gasteiger partial charge >= 0.3 is 5.97 Å². The SMILES string of the molecule is COc1cc(O[C@@H]2C[C@H]3C(=O)C[C@]4(C(=O)NS(=O)(=O)C5(C)CC5)C[C@H]4/C=C\CC[C@@H](C)C[C@@H](C)[C@H](CC(=O)OC(C)(C)C(C)(F)F)C(=O)N3C2)c2cc(F)c(OC)cc2n1. The highest BCUT2D eigenvalue weighted by molar-refractivity contribution is 7.91. The third-order valence-electron chi connectivity index (χ3n) is 13.1. The van der Waals surface area contributed by atoms with Gasteiger partial charge in [-0.05, 0) is 83.1 Å². The van der Waals surface area contributed by atoms with E-state index in [1.165, 1.54) is 37.3 Å². The Morgan fingerprint density at radius 3 is 2.37 bits per heavy atom. The number of fused-ring (bicyclic) bond motifs is 3. The zero-order valence-corrected chi connectivity index (χ0v) is 36.3. The lowest BCUT2D eigenvalue weighted by molar-refractivity contribution is -0.197. The van der Waals surface area contributed by atoms with Crippen LogP contribution < -0.4 is 18.9 Å². The third-order valence-corrected chi connectivity index (χ3v) is 15.3. The van der Waals surface area contributed by atoms with Crippen LogP contribution in [0.1, 0.15) is 99.3 Å². The molecule has 3 fully saturated rings. The fourth-order valence-electron chi connectivity index (χ4n) is 8.39. The van der Waals surface area contributed by atoms with Crippen LogP contribution in [0.2, 0.25) is 0 Å². The van der Waals surface area contributed by atoms with Gasteiger partial charge in [-0.25, -0.2) is 26.6 Å². The molecule has 6 rings (SSSR count). The number of methoxy groups -OCH3 is 2. The van der Waals surface area contributed by atoms with E-state index in [1.807, 2.05) is 19.1 Å². The molecule has 0 radical (unpaired) electrons. The van der Waals surface area contributed by atoms with Crippen molar-refractivity contribution in [3.8, 4) is 17.4 Å². The van der Waals surface area contributed by atoms with Crippen molar-refractivity contribution in [1.82, 2.24) is 14.6 Å². The second kappa shape index (κ2) is 16.5. The molecule has 1 saturated heterocycles. The van der Waals surface area contributed by atoms with E-state index in [4.69, 9.17) is 18.9 Å². The van der Waals surface area contributed by atoms with Crippen molar-refractivity contribution in [2.75, 3.05) is 20.8 Å². The Kier molecular flexibility index (Phi) is 12.4. The summed E-state index contributed by atoms with van der Waals surface area (Å²) in [6.45, 7) is 8.00. The van der Waals surface area contributed by atoms with Crippen molar-refractivity contribution in [3.63, 3.8) is 0 Å². The molecule has 2 aromatic rings. The molecule has 60 heavy (non-hydrogen) atoms. The number of ketones is 1. The molecule has 2 aliphatic heterocycles. The number of amides is 2. The van der Waals surface area contributed by atoms with Crippen molar-refractivity contribution >= 4 is 44.5 Å². The predicted molar refractivity (Wildman–Crippen MR) is 214 cm³/mol. The van der Waals surface area contributed by atoms with Crippen molar-refractivity contribution in [2.24, 2.45) is 29.1 Å². The molecule has 330 valence electrons. The molecule has 3 heterocycles. The van der Waals surface area contributed by atoms with Gasteiger partial charge in [0.2, 0.25) is 27.7 Å². The van der Waals surface area contributed by atoms with Gasteiger partial charge in [0.1, 0.15) is 11.9 Å². The summed E-state index contributed by atoms with van der Waals surface area (Å²) in [6.07, 6.45) is 4.63. The highest BCUT2D eigenvalue weighted by Crippen LogP contribution is 2.58. The quantitative estimate of drug-likeness (QED) is 0.189. The number of hydrogen-bond donors (Lipinski definition) is 1. The van der Waals surface area contributed by atoms with Crippen LogP contribution in [0.4, 0.5) is 13.2 Å². The van der Waals surface area contributed by atoms with Gasteiger partial charge in [-0.2, -0.15) is 0 Å². The molecule has 13 nitrogen and oxygen atoms in total. The highest BCUT2D eigenvalue weighted by atomic mass is 32.2. The molecule has 0 unspecified atom stereocenters. The first-order valence-electron chi connectivity index (χ1n) is 20.5. The number of rotatable bonds is 11. The lowest BCUT2D eigenvalue weighted by atomic mass is 9.82. The van der Waals surface area contributed by atoms with E-state index >= 15 is 4.39 Å². The van der Waals surface area contributed by atoms with E-state index in [-0.39, 0.29) is 53.6 Å². The van der Waals surface area contributed by atoms with Crippen LogP contribution in [0, 0.1) is 34.9 Å². The van der Waals surface area contributed by atoms with Crippen LogP contribution in [-0.2, 0) is 33.9 Å². The smallest absolute Gasteiger partial charge is 0.307 e. The Labute approximate surface area is 349 Å². The Hall–Kier alpha value is -4.41. The molecule has 2 saturated carbocycles. The molecule has 7 atom stereocenters. The van der Waals surface area contributed by atoms with Gasteiger partial charge in [0, 0.05) is 37.3 Å². The molecular weight excluding hydrogens is 808 g/mol. The molecule has 17 heteroatoms. The van der Waals surface area contributed by atoms with Crippen molar-refractivity contribution in [2.45, 2.75) is 128 Å². The number of halogens is 3. The van der Waals surface area contributed by atoms with E-state index in [9.17, 15) is 36.4 Å². The topological polar surface area (TPSA) is 168 Å². The normalized spacial score (nSPS) is 29.0. The van der Waals surface area contributed by atoms with Gasteiger partial charge in [0.15, 0.2) is 23.0 Å². The van der Waals surface area contributed by atoms with Gasteiger partial charge in [0.25, 0.3) is 5.92 Å². The number of alkyl halides is 2. The van der Waals surface area contributed by atoms with Gasteiger partial charge in [-0.1, -0.05) is 26.0 Å². The van der Waals surface area contributed by atoms with Crippen LogP contribution in [0.15, 0.2) is 30.4 Å². The summed E-state index contributed by atoms with van der Waals surface area (Å²) in [5.74, 6) is -8.78. The fraction of sp³-hybridized carbons (Fsp3) is 0.651. The van der Waals surface area contributed by atoms with Gasteiger partial charge in [-0.3, -0.25) is 23.9 Å². The van der Waals surface area contributed by atoms with Crippen molar-refractivity contribution < 1.29 is 59.7 Å². The summed E-state index contributed by atoms with van der Waals surface area (Å²) >= 11 is 0. The summed E-state index contributed by atoms with van der Waals surface area (Å²) in [5.41, 5.74) is -3.30. The van der Waals surface area contributed by atoms with Crippen LogP contribution in [0.3, 0.4) is 0 Å². The van der Waals surface area contributed by atoms with E-state index in [0.717, 1.165) is 13.8 Å². The van der Waals surface area contributed by atoms with Crippen LogP contribution >= 0.6 is 0 Å². The second-order valence-corrected chi connectivity index (χ2v) is 20.3. The number of benzene rings is 1. The maximum atomic E-state index is 15.1. The minimum absolute atomic E-state index is 0.0373. The molecule has 2 amide bonds. The summed E-state index contributed by atoms with van der Waals surface area (Å²) in [6, 6.07) is 2.81. The molecular formula is C43H56F3N3O10S. The number of sulfonamides is 1. The number of ether oxygens (including phenoxy) is 4. The fourth-order valence-corrected chi connectivity index (χ4v) is 9.73. The minimum atomic E-state index is -4.05. The van der Waals surface area contributed by atoms with E-state index in [0.29, 0.717) is 39.0 Å². The molecule has 1 aromatic carbocycles. The predicted octanol–water partition coefficient (Wildman–Crippen LogP) is 6.70. The molecule has 0 bridgehead atoms. The second-order valence-electron chi connectivity index (χ2n) is 18.2. The van der Waals surface area contributed by atoms with Crippen LogP contribution in [-0.4, -0.2) is 91.0 Å². The number of nitrogens with one attached hydrogen (secondary N) is 1. The van der Waals surface area contributed by atoms with E-state index < -0.39 is 104 Å². The Morgan fingerprint density at radius 2 is 1.73 bits per heavy atom. The van der Waals surface area contributed by atoms with Crippen molar-refractivity contribution in [3.05, 3.63) is 36.2 Å². The number of esters is 1. The molecule has 0 spiro atoms. The average Bonchev–Trinajstić information content (AvgIpc) is 4.04. The molecule has 2 aliphatic carbocycles. The van der Waals surface area contributed by atoms with Crippen LogP contribution in [0.5, 0.6) is 17.4 Å². The molecule has 1 aromatic heterocycles. The number of carbonyl (C=O) groups is 4. The van der Waals surface area contributed by atoms with Crippen molar-refractivity contribution in [1.29, 1.82) is 0 Å². The summed E-state index contributed by atoms with van der Waals surface area (Å²) in [4.78, 5) is 62.9. The number of hydrogen-bond acceptors (Lipinski definition) is 11. The first-order chi connectivity index (χ1) is 27.9.